The molecule has 1 aliphatic heterocycles. The van der Waals surface area contributed by atoms with Gasteiger partial charge in [-0.2, -0.15) is 0 Å². The number of likely N-dealkylation sites (tertiary alicyclic amines) is 1. The van der Waals surface area contributed by atoms with Crippen LogP contribution < -0.4 is 10.6 Å². The van der Waals surface area contributed by atoms with Gasteiger partial charge in [-0.3, -0.25) is 10.2 Å². The lowest BCUT2D eigenvalue weighted by atomic mass is 10.2. The first-order valence-corrected chi connectivity index (χ1v) is 7.35. The van der Waals surface area contributed by atoms with Crippen LogP contribution in [0.4, 0.5) is 9.93 Å². The number of carbonyl (C=O) groups is 1. The fourth-order valence-corrected chi connectivity index (χ4v) is 2.79. The van der Waals surface area contributed by atoms with E-state index < -0.39 is 0 Å². The molecule has 106 valence electrons. The molecule has 1 fully saturated rings. The van der Waals surface area contributed by atoms with E-state index in [0.717, 1.165) is 26.1 Å². The second-order valence-electron chi connectivity index (χ2n) is 4.50. The van der Waals surface area contributed by atoms with Gasteiger partial charge in [0.25, 0.3) is 0 Å². The lowest BCUT2D eigenvalue weighted by molar-refractivity contribution is 0.140. The lowest BCUT2D eigenvalue weighted by Crippen LogP contribution is -2.42. The number of anilines is 1. The highest BCUT2D eigenvalue weighted by Gasteiger charge is 2.24. The van der Waals surface area contributed by atoms with Crippen LogP contribution in [0, 0.1) is 0 Å². The van der Waals surface area contributed by atoms with E-state index in [2.05, 4.69) is 20.5 Å². The molecule has 0 aliphatic carbocycles. The molecule has 2 heterocycles. The van der Waals surface area contributed by atoms with Crippen LogP contribution in [0.25, 0.3) is 0 Å². The summed E-state index contributed by atoms with van der Waals surface area (Å²) in [6.45, 7) is 3.42. The Bertz CT molecular complexity index is 385. The number of nitrogens with one attached hydrogen (secondary N) is 2. The Morgan fingerprint density at radius 2 is 2.58 bits per heavy atom. The second-order valence-corrected chi connectivity index (χ2v) is 5.39. The summed E-state index contributed by atoms with van der Waals surface area (Å²) in [5.74, 6) is 0. The van der Waals surface area contributed by atoms with E-state index in [1.54, 1.807) is 13.3 Å². The van der Waals surface area contributed by atoms with E-state index in [-0.39, 0.29) is 6.03 Å². The van der Waals surface area contributed by atoms with Crippen molar-refractivity contribution in [3.8, 4) is 0 Å². The second kappa shape index (κ2) is 7.42. The number of urea groups is 1. The van der Waals surface area contributed by atoms with Gasteiger partial charge in [0, 0.05) is 37.8 Å². The van der Waals surface area contributed by atoms with E-state index in [0.29, 0.717) is 17.7 Å². The number of amides is 2. The fraction of sp³-hybridized carbons (Fsp3) is 0.667. The molecule has 0 bridgehead atoms. The summed E-state index contributed by atoms with van der Waals surface area (Å²) >= 11 is 1.41. The van der Waals surface area contributed by atoms with E-state index in [4.69, 9.17) is 4.74 Å². The molecule has 2 rings (SSSR count). The van der Waals surface area contributed by atoms with Crippen LogP contribution in [0.5, 0.6) is 0 Å². The first-order chi connectivity index (χ1) is 9.29. The molecular formula is C12H20N4O2S. The molecule has 1 saturated heterocycles. The minimum Gasteiger partial charge on any atom is -0.383 e. The summed E-state index contributed by atoms with van der Waals surface area (Å²) in [4.78, 5) is 18.1. The van der Waals surface area contributed by atoms with Crippen LogP contribution in [0.2, 0.25) is 0 Å². The fourth-order valence-electron chi connectivity index (χ4n) is 2.27. The molecule has 2 N–H and O–H groups in total. The molecule has 1 aliphatic rings. The molecule has 1 aromatic rings. The molecule has 2 amide bonds. The van der Waals surface area contributed by atoms with Gasteiger partial charge < -0.3 is 10.1 Å². The molecule has 0 aromatic carbocycles. The van der Waals surface area contributed by atoms with Gasteiger partial charge in [-0.05, 0) is 19.4 Å². The topological polar surface area (TPSA) is 66.5 Å². The SMILES string of the molecule is COCCN1CCCC1CNC(=O)Nc1nccs1. The summed E-state index contributed by atoms with van der Waals surface area (Å²) < 4.78 is 5.10. The Balaban J connectivity index is 1.70. The maximum absolute atomic E-state index is 11.7. The van der Waals surface area contributed by atoms with Gasteiger partial charge in [-0.1, -0.05) is 0 Å². The van der Waals surface area contributed by atoms with Crippen molar-refractivity contribution in [3.63, 3.8) is 0 Å². The quantitative estimate of drug-likeness (QED) is 0.828. The third-order valence-corrected chi connectivity index (χ3v) is 3.92. The smallest absolute Gasteiger partial charge is 0.321 e. The molecule has 19 heavy (non-hydrogen) atoms. The van der Waals surface area contributed by atoms with Crippen LogP contribution in [-0.4, -0.2) is 55.3 Å². The summed E-state index contributed by atoms with van der Waals surface area (Å²) in [6, 6.07) is 0.228. The van der Waals surface area contributed by atoms with Crippen molar-refractivity contribution < 1.29 is 9.53 Å². The molecule has 6 nitrogen and oxygen atoms in total. The summed E-state index contributed by atoms with van der Waals surface area (Å²) in [5.41, 5.74) is 0. The van der Waals surface area contributed by atoms with Gasteiger partial charge in [-0.25, -0.2) is 9.78 Å². The number of methoxy groups -OCH3 is 1. The zero-order valence-corrected chi connectivity index (χ0v) is 11.9. The van der Waals surface area contributed by atoms with Crippen molar-refractivity contribution in [1.29, 1.82) is 0 Å². The first kappa shape index (κ1) is 14.2. The molecule has 1 atom stereocenters. The van der Waals surface area contributed by atoms with E-state index in [1.165, 1.54) is 17.8 Å². The molecule has 7 heteroatoms. The average Bonchev–Trinajstić information content (AvgIpc) is 3.05. The van der Waals surface area contributed by atoms with Crippen LogP contribution in [0.1, 0.15) is 12.8 Å². The predicted molar refractivity (Wildman–Crippen MR) is 75.6 cm³/mol. The van der Waals surface area contributed by atoms with Crippen molar-refractivity contribution in [2.75, 3.05) is 38.7 Å². The minimum atomic E-state index is -0.187. The third-order valence-electron chi connectivity index (χ3n) is 3.23. The Morgan fingerprint density at radius 3 is 3.32 bits per heavy atom. The van der Waals surface area contributed by atoms with Crippen molar-refractivity contribution in [1.82, 2.24) is 15.2 Å². The van der Waals surface area contributed by atoms with Crippen molar-refractivity contribution in [2.45, 2.75) is 18.9 Å². The van der Waals surface area contributed by atoms with Gasteiger partial charge in [0.1, 0.15) is 0 Å². The Morgan fingerprint density at radius 1 is 1.68 bits per heavy atom. The van der Waals surface area contributed by atoms with Crippen LogP contribution >= 0.6 is 11.3 Å². The maximum atomic E-state index is 11.7. The van der Waals surface area contributed by atoms with E-state index in [1.807, 2.05) is 5.38 Å². The summed E-state index contributed by atoms with van der Waals surface area (Å²) in [6.07, 6.45) is 3.98. The average molecular weight is 284 g/mol. The minimum absolute atomic E-state index is 0.187. The van der Waals surface area contributed by atoms with Crippen LogP contribution in [-0.2, 0) is 4.74 Å². The maximum Gasteiger partial charge on any atom is 0.321 e. The lowest BCUT2D eigenvalue weighted by Gasteiger charge is -2.24. The van der Waals surface area contributed by atoms with Crippen LogP contribution in [0.3, 0.4) is 0 Å². The standard InChI is InChI=1S/C12H20N4O2S/c1-18-7-6-16-5-2-3-10(16)9-14-11(17)15-12-13-4-8-19-12/h4,8,10H,2-3,5-7,9H2,1H3,(H2,13,14,15,17). The highest BCUT2D eigenvalue weighted by atomic mass is 32.1. The zero-order chi connectivity index (χ0) is 13.5. The van der Waals surface area contributed by atoms with E-state index in [9.17, 15) is 4.79 Å². The molecule has 1 unspecified atom stereocenters. The Hall–Kier alpha value is -1.18. The monoisotopic (exact) mass is 284 g/mol. The molecule has 0 radical (unpaired) electrons. The number of carbonyl (C=O) groups excluding carboxylic acids is 1. The normalized spacial score (nSPS) is 19.5. The van der Waals surface area contributed by atoms with Crippen LogP contribution in [0.15, 0.2) is 11.6 Å². The molecule has 0 spiro atoms. The third kappa shape index (κ3) is 4.45. The highest BCUT2D eigenvalue weighted by molar-refractivity contribution is 7.13. The highest BCUT2D eigenvalue weighted by Crippen LogP contribution is 2.16. The number of aromatic nitrogens is 1. The van der Waals surface area contributed by atoms with Crippen molar-refractivity contribution in [2.24, 2.45) is 0 Å². The van der Waals surface area contributed by atoms with Gasteiger partial charge in [-0.15, -0.1) is 11.3 Å². The molecule has 1 aromatic heterocycles. The number of thiazole rings is 1. The number of nitrogens with zero attached hydrogens (tertiary/aromatic N) is 2. The number of rotatable bonds is 6. The van der Waals surface area contributed by atoms with Gasteiger partial charge >= 0.3 is 6.03 Å². The largest absolute Gasteiger partial charge is 0.383 e. The van der Waals surface area contributed by atoms with Crippen molar-refractivity contribution in [3.05, 3.63) is 11.6 Å². The van der Waals surface area contributed by atoms with Gasteiger partial charge in [0.05, 0.1) is 6.61 Å². The zero-order valence-electron chi connectivity index (χ0n) is 11.1. The number of hydrogen-bond acceptors (Lipinski definition) is 5. The van der Waals surface area contributed by atoms with Crippen molar-refractivity contribution >= 4 is 22.5 Å². The number of hydrogen-bond donors (Lipinski definition) is 2. The van der Waals surface area contributed by atoms with E-state index >= 15 is 0 Å². The van der Waals surface area contributed by atoms with Gasteiger partial charge in [0.15, 0.2) is 5.13 Å². The molecule has 0 saturated carbocycles. The Labute approximate surface area is 117 Å². The summed E-state index contributed by atoms with van der Waals surface area (Å²) in [7, 11) is 1.71. The first-order valence-electron chi connectivity index (χ1n) is 6.47. The predicted octanol–water partition coefficient (Wildman–Crippen LogP) is 1.38. The Kier molecular flexibility index (Phi) is 5.56. The van der Waals surface area contributed by atoms with Gasteiger partial charge in [0.2, 0.25) is 0 Å². The molecular weight excluding hydrogens is 264 g/mol. The summed E-state index contributed by atoms with van der Waals surface area (Å²) in [5, 5.41) is 8.08. The number of ether oxygens (including phenoxy) is 1.